The number of nitrogens with zero attached hydrogens (tertiary/aromatic N) is 2. The van der Waals surface area contributed by atoms with Gasteiger partial charge in [-0.2, -0.15) is 0 Å². The maximum absolute atomic E-state index is 11.1. The maximum Gasteiger partial charge on any atom is 0.277 e. The average molecular weight is 270 g/mol. The summed E-state index contributed by atoms with van der Waals surface area (Å²) in [5, 5.41) is 11.1. The van der Waals surface area contributed by atoms with Crippen LogP contribution in [0.5, 0.6) is 0 Å². The van der Waals surface area contributed by atoms with E-state index in [1.807, 2.05) is 13.0 Å². The molecule has 0 atom stereocenters. The van der Waals surface area contributed by atoms with Gasteiger partial charge in [0, 0.05) is 28.9 Å². The van der Waals surface area contributed by atoms with Crippen molar-refractivity contribution in [1.29, 1.82) is 0 Å². The summed E-state index contributed by atoms with van der Waals surface area (Å²) in [7, 11) is 0. The molecule has 2 rings (SSSR count). The molecule has 0 saturated carbocycles. The molecule has 1 aromatic carbocycles. The van der Waals surface area contributed by atoms with Crippen LogP contribution in [-0.4, -0.2) is 9.91 Å². The molecule has 104 valence electrons. The van der Waals surface area contributed by atoms with Gasteiger partial charge in [-0.3, -0.25) is 15.1 Å². The average Bonchev–Trinajstić information content (AvgIpc) is 2.37. The van der Waals surface area contributed by atoms with Gasteiger partial charge in [0.05, 0.1) is 10.5 Å². The van der Waals surface area contributed by atoms with Gasteiger partial charge in [0.15, 0.2) is 0 Å². The van der Waals surface area contributed by atoms with Crippen LogP contribution < -0.4 is 0 Å². The van der Waals surface area contributed by atoms with Crippen LogP contribution in [0.15, 0.2) is 36.5 Å². The van der Waals surface area contributed by atoms with Crippen molar-refractivity contribution >= 4 is 5.69 Å². The predicted octanol–water partition coefficient (Wildman–Crippen LogP) is 4.26. The van der Waals surface area contributed by atoms with Crippen molar-refractivity contribution in [3.8, 4) is 11.1 Å². The SMILES string of the molecule is Cc1cc(C(C)(C)C)ncc1-c1ccccc1[N+](=O)[O-]. The first-order valence-corrected chi connectivity index (χ1v) is 6.51. The quantitative estimate of drug-likeness (QED) is 0.605. The van der Waals surface area contributed by atoms with Crippen molar-refractivity contribution in [3.63, 3.8) is 0 Å². The molecule has 1 heterocycles. The monoisotopic (exact) mass is 270 g/mol. The number of benzene rings is 1. The Morgan fingerprint density at radius 3 is 2.35 bits per heavy atom. The molecule has 0 spiro atoms. The molecule has 0 N–H and O–H groups in total. The summed E-state index contributed by atoms with van der Waals surface area (Å²) < 4.78 is 0. The van der Waals surface area contributed by atoms with E-state index >= 15 is 0 Å². The van der Waals surface area contributed by atoms with Crippen LogP contribution in [0.25, 0.3) is 11.1 Å². The molecule has 0 unspecified atom stereocenters. The molecule has 1 aromatic heterocycles. The number of aryl methyl sites for hydroxylation is 1. The molecule has 2 aromatic rings. The largest absolute Gasteiger partial charge is 0.277 e. The Balaban J connectivity index is 2.58. The third kappa shape index (κ3) is 2.69. The minimum atomic E-state index is -0.355. The van der Waals surface area contributed by atoms with Gasteiger partial charge in [-0.25, -0.2) is 0 Å². The highest BCUT2D eigenvalue weighted by Crippen LogP contribution is 2.32. The molecule has 4 nitrogen and oxygen atoms in total. The van der Waals surface area contributed by atoms with Gasteiger partial charge >= 0.3 is 0 Å². The van der Waals surface area contributed by atoms with E-state index in [0.717, 1.165) is 16.8 Å². The van der Waals surface area contributed by atoms with Crippen LogP contribution >= 0.6 is 0 Å². The lowest BCUT2D eigenvalue weighted by Crippen LogP contribution is -2.13. The highest BCUT2D eigenvalue weighted by atomic mass is 16.6. The molecule has 0 saturated heterocycles. The molecule has 0 amide bonds. The minimum Gasteiger partial charge on any atom is -0.260 e. The fourth-order valence-electron chi connectivity index (χ4n) is 2.11. The minimum absolute atomic E-state index is 0.0358. The van der Waals surface area contributed by atoms with Crippen molar-refractivity contribution in [2.45, 2.75) is 33.1 Å². The molecular formula is C16H18N2O2. The van der Waals surface area contributed by atoms with E-state index in [2.05, 4.69) is 25.8 Å². The van der Waals surface area contributed by atoms with Gasteiger partial charge in [-0.1, -0.05) is 32.9 Å². The van der Waals surface area contributed by atoms with E-state index in [-0.39, 0.29) is 16.0 Å². The fourth-order valence-corrected chi connectivity index (χ4v) is 2.11. The van der Waals surface area contributed by atoms with Crippen LogP contribution in [0.3, 0.4) is 0 Å². The first-order chi connectivity index (χ1) is 9.30. The van der Waals surface area contributed by atoms with Crippen molar-refractivity contribution in [1.82, 2.24) is 4.98 Å². The van der Waals surface area contributed by atoms with Gasteiger partial charge in [0.1, 0.15) is 0 Å². The number of para-hydroxylation sites is 1. The van der Waals surface area contributed by atoms with Crippen molar-refractivity contribution in [2.75, 3.05) is 0 Å². The summed E-state index contributed by atoms with van der Waals surface area (Å²) in [5.74, 6) is 0. The highest BCUT2D eigenvalue weighted by Gasteiger charge is 2.19. The number of hydrogen-bond acceptors (Lipinski definition) is 3. The van der Waals surface area contributed by atoms with Crippen LogP contribution in [0.4, 0.5) is 5.69 Å². The first kappa shape index (κ1) is 14.2. The van der Waals surface area contributed by atoms with Gasteiger partial charge in [0.25, 0.3) is 5.69 Å². The third-order valence-corrected chi connectivity index (χ3v) is 3.27. The lowest BCUT2D eigenvalue weighted by molar-refractivity contribution is -0.384. The molecule has 0 radical (unpaired) electrons. The van der Waals surface area contributed by atoms with Crippen molar-refractivity contribution in [2.24, 2.45) is 0 Å². The second-order valence-corrected chi connectivity index (χ2v) is 5.91. The smallest absolute Gasteiger partial charge is 0.260 e. The molecule has 0 aliphatic carbocycles. The molecule has 0 bridgehead atoms. The van der Waals surface area contributed by atoms with E-state index in [9.17, 15) is 10.1 Å². The summed E-state index contributed by atoms with van der Waals surface area (Å²) in [6, 6.07) is 8.77. The zero-order valence-corrected chi connectivity index (χ0v) is 12.2. The summed E-state index contributed by atoms with van der Waals surface area (Å²) in [6.07, 6.45) is 1.73. The van der Waals surface area contributed by atoms with Crippen LogP contribution in [0.2, 0.25) is 0 Å². The lowest BCUT2D eigenvalue weighted by atomic mass is 9.89. The number of aromatic nitrogens is 1. The molecular weight excluding hydrogens is 252 g/mol. The summed E-state index contributed by atoms with van der Waals surface area (Å²) in [4.78, 5) is 15.2. The molecule has 4 heteroatoms. The Kier molecular flexibility index (Phi) is 3.57. The summed E-state index contributed by atoms with van der Waals surface area (Å²) >= 11 is 0. The van der Waals surface area contributed by atoms with E-state index < -0.39 is 0 Å². The Hall–Kier alpha value is -2.23. The number of pyridine rings is 1. The Morgan fingerprint density at radius 1 is 1.15 bits per heavy atom. The molecule has 0 fully saturated rings. The third-order valence-electron chi connectivity index (χ3n) is 3.27. The van der Waals surface area contributed by atoms with Crippen LogP contribution in [-0.2, 0) is 5.41 Å². The Morgan fingerprint density at radius 2 is 1.80 bits per heavy atom. The Labute approximate surface area is 118 Å². The van der Waals surface area contributed by atoms with Crippen LogP contribution in [0, 0.1) is 17.0 Å². The van der Waals surface area contributed by atoms with Gasteiger partial charge < -0.3 is 0 Å². The van der Waals surface area contributed by atoms with Crippen molar-refractivity contribution in [3.05, 3.63) is 57.9 Å². The van der Waals surface area contributed by atoms with Gasteiger partial charge in [0.2, 0.25) is 0 Å². The number of hydrogen-bond donors (Lipinski definition) is 0. The molecule has 0 aliphatic rings. The zero-order valence-electron chi connectivity index (χ0n) is 12.2. The topological polar surface area (TPSA) is 56.0 Å². The highest BCUT2D eigenvalue weighted by molar-refractivity contribution is 5.75. The standard InChI is InChI=1S/C16H18N2O2/c1-11-9-15(16(2,3)4)17-10-13(11)12-7-5-6-8-14(12)18(19)20/h5-10H,1-4H3. The number of nitro benzene ring substituents is 1. The van der Waals surface area contributed by atoms with Gasteiger partial charge in [-0.05, 0) is 24.6 Å². The Bertz CT molecular complexity index is 658. The van der Waals surface area contributed by atoms with Crippen molar-refractivity contribution < 1.29 is 4.92 Å². The first-order valence-electron chi connectivity index (χ1n) is 6.51. The number of rotatable bonds is 2. The fraction of sp³-hybridized carbons (Fsp3) is 0.312. The summed E-state index contributed by atoms with van der Waals surface area (Å²) in [5.41, 5.74) is 3.48. The van der Waals surface area contributed by atoms with Crippen LogP contribution in [0.1, 0.15) is 32.0 Å². The van der Waals surface area contributed by atoms with E-state index in [0.29, 0.717) is 5.56 Å². The predicted molar refractivity (Wildman–Crippen MR) is 79.8 cm³/mol. The zero-order chi connectivity index (χ0) is 14.9. The molecule has 20 heavy (non-hydrogen) atoms. The van der Waals surface area contributed by atoms with E-state index in [1.165, 1.54) is 6.07 Å². The maximum atomic E-state index is 11.1. The lowest BCUT2D eigenvalue weighted by Gasteiger charge is -2.19. The second-order valence-electron chi connectivity index (χ2n) is 5.91. The molecule has 0 aliphatic heterocycles. The van der Waals surface area contributed by atoms with E-state index in [1.54, 1.807) is 24.4 Å². The summed E-state index contributed by atoms with van der Waals surface area (Å²) in [6.45, 7) is 8.25. The normalized spacial score (nSPS) is 11.4. The van der Waals surface area contributed by atoms with E-state index in [4.69, 9.17) is 0 Å². The van der Waals surface area contributed by atoms with Gasteiger partial charge in [-0.15, -0.1) is 0 Å². The second kappa shape index (κ2) is 5.04. The number of nitro groups is 1.